The minimum atomic E-state index is -0.961. The highest BCUT2D eigenvalue weighted by atomic mass is 16.5. The Hall–Kier alpha value is -2.16. The fourth-order valence-electron chi connectivity index (χ4n) is 1.79. The van der Waals surface area contributed by atoms with Crippen molar-refractivity contribution in [1.82, 2.24) is 25.8 Å². The molecule has 0 radical (unpaired) electrons. The predicted octanol–water partition coefficient (Wildman–Crippen LogP) is -0.764. The predicted molar refractivity (Wildman–Crippen MR) is 62.2 cm³/mol. The van der Waals surface area contributed by atoms with E-state index in [1.807, 2.05) is 0 Å². The number of ether oxygens (including phenoxy) is 1. The van der Waals surface area contributed by atoms with Crippen LogP contribution in [0.3, 0.4) is 0 Å². The summed E-state index contributed by atoms with van der Waals surface area (Å²) in [7, 11) is 0. The van der Waals surface area contributed by atoms with Crippen LogP contribution in [0.15, 0.2) is 6.33 Å². The molecule has 0 saturated carbocycles. The van der Waals surface area contributed by atoms with Crippen molar-refractivity contribution in [3.8, 4) is 0 Å². The van der Waals surface area contributed by atoms with Gasteiger partial charge in [0.15, 0.2) is 6.10 Å². The molecular weight excluding hydrogens is 254 g/mol. The first-order valence-corrected chi connectivity index (χ1v) is 5.89. The zero-order valence-corrected chi connectivity index (χ0v) is 10.1. The van der Waals surface area contributed by atoms with Crippen molar-refractivity contribution in [2.24, 2.45) is 0 Å². The highest BCUT2D eigenvalue weighted by molar-refractivity contribution is 5.74. The van der Waals surface area contributed by atoms with E-state index in [0.29, 0.717) is 18.7 Å². The van der Waals surface area contributed by atoms with Gasteiger partial charge >= 0.3 is 12.0 Å². The molecule has 2 unspecified atom stereocenters. The summed E-state index contributed by atoms with van der Waals surface area (Å²) in [4.78, 5) is 26.0. The van der Waals surface area contributed by atoms with Crippen molar-refractivity contribution in [2.45, 2.75) is 31.6 Å². The number of carbonyl (C=O) groups excluding carboxylic acids is 1. The summed E-state index contributed by atoms with van der Waals surface area (Å²) in [6.07, 6.45) is 1.44. The Bertz CT molecular complexity index is 435. The molecule has 2 atom stereocenters. The van der Waals surface area contributed by atoms with Crippen LogP contribution in [-0.2, 0) is 16.1 Å². The number of aliphatic carboxylic acids is 1. The molecule has 19 heavy (non-hydrogen) atoms. The second-order valence-electron chi connectivity index (χ2n) is 4.16. The number of rotatable bonds is 5. The number of aromatic amines is 1. The lowest BCUT2D eigenvalue weighted by molar-refractivity contribution is -0.149. The normalized spacial score (nSPS) is 22.1. The molecule has 0 bridgehead atoms. The number of nitrogens with zero attached hydrogens (tertiary/aromatic N) is 2. The molecule has 9 heteroatoms. The fourth-order valence-corrected chi connectivity index (χ4v) is 1.79. The Balaban J connectivity index is 1.63. The molecular formula is C10H15N5O4. The van der Waals surface area contributed by atoms with E-state index in [4.69, 9.17) is 9.84 Å². The number of H-pyrrole nitrogens is 1. The zero-order valence-electron chi connectivity index (χ0n) is 10.1. The average Bonchev–Trinajstić information content (AvgIpc) is 3.05. The van der Waals surface area contributed by atoms with Crippen molar-refractivity contribution >= 4 is 12.0 Å². The smallest absolute Gasteiger partial charge is 0.332 e. The van der Waals surface area contributed by atoms with Crippen molar-refractivity contribution in [3.05, 3.63) is 12.2 Å². The molecule has 4 N–H and O–H groups in total. The Kier molecular flexibility index (Phi) is 4.29. The summed E-state index contributed by atoms with van der Waals surface area (Å²) in [5, 5.41) is 20.2. The number of hydrogen-bond acceptors (Lipinski definition) is 5. The summed E-state index contributed by atoms with van der Waals surface area (Å²) in [5.74, 6) is -0.407. The molecule has 9 nitrogen and oxygen atoms in total. The number of amides is 2. The average molecular weight is 269 g/mol. The van der Waals surface area contributed by atoms with Gasteiger partial charge in [0.05, 0.1) is 12.6 Å². The minimum Gasteiger partial charge on any atom is -0.479 e. The van der Waals surface area contributed by atoms with Gasteiger partial charge in [-0.1, -0.05) is 0 Å². The third kappa shape index (κ3) is 3.91. The van der Waals surface area contributed by atoms with Crippen molar-refractivity contribution < 1.29 is 19.4 Å². The zero-order chi connectivity index (χ0) is 13.7. The lowest BCUT2D eigenvalue weighted by atomic mass is 10.2. The fraction of sp³-hybridized carbons (Fsp3) is 0.600. The van der Waals surface area contributed by atoms with E-state index >= 15 is 0 Å². The van der Waals surface area contributed by atoms with Gasteiger partial charge in [0.25, 0.3) is 0 Å². The number of carboxylic acids is 1. The van der Waals surface area contributed by atoms with Crippen LogP contribution in [0.5, 0.6) is 0 Å². The van der Waals surface area contributed by atoms with Crippen LogP contribution in [0.2, 0.25) is 0 Å². The molecule has 2 heterocycles. The van der Waals surface area contributed by atoms with E-state index in [9.17, 15) is 9.59 Å². The highest BCUT2D eigenvalue weighted by Gasteiger charge is 2.30. The summed E-state index contributed by atoms with van der Waals surface area (Å²) in [6, 6.07) is -0.362. The van der Waals surface area contributed by atoms with Crippen LogP contribution >= 0.6 is 0 Å². The topological polar surface area (TPSA) is 129 Å². The summed E-state index contributed by atoms with van der Waals surface area (Å²) in [5.41, 5.74) is 0. The van der Waals surface area contributed by atoms with Gasteiger partial charge in [-0.3, -0.25) is 5.10 Å². The second kappa shape index (κ2) is 6.14. The first-order chi connectivity index (χ1) is 9.15. The third-order valence-electron chi connectivity index (χ3n) is 2.75. The molecule has 1 aromatic rings. The van der Waals surface area contributed by atoms with Gasteiger partial charge in [-0.05, 0) is 12.8 Å². The van der Waals surface area contributed by atoms with Crippen LogP contribution in [0.1, 0.15) is 18.7 Å². The maximum Gasteiger partial charge on any atom is 0.332 e. The van der Waals surface area contributed by atoms with Crippen LogP contribution in [0.25, 0.3) is 0 Å². The Labute approximate surface area is 108 Å². The van der Waals surface area contributed by atoms with E-state index in [2.05, 4.69) is 25.8 Å². The van der Waals surface area contributed by atoms with Gasteiger partial charge in [-0.25, -0.2) is 14.6 Å². The largest absolute Gasteiger partial charge is 0.479 e. The number of urea groups is 1. The molecule has 1 aromatic heterocycles. The van der Waals surface area contributed by atoms with Gasteiger partial charge in [0.2, 0.25) is 0 Å². The Morgan fingerprint density at radius 2 is 2.32 bits per heavy atom. The lowest BCUT2D eigenvalue weighted by Crippen LogP contribution is -2.39. The van der Waals surface area contributed by atoms with Gasteiger partial charge in [-0.2, -0.15) is 5.10 Å². The molecule has 1 aliphatic heterocycles. The first-order valence-electron chi connectivity index (χ1n) is 5.89. The maximum absolute atomic E-state index is 11.5. The lowest BCUT2D eigenvalue weighted by Gasteiger charge is -2.12. The van der Waals surface area contributed by atoms with Crippen LogP contribution in [-0.4, -0.2) is 51.0 Å². The number of hydrogen-bond donors (Lipinski definition) is 4. The van der Waals surface area contributed by atoms with E-state index < -0.39 is 12.1 Å². The summed E-state index contributed by atoms with van der Waals surface area (Å²) < 4.78 is 5.25. The SMILES string of the molecule is O=C(NCc1ncn[nH]1)NCC1CCC(C(=O)O)O1. The Morgan fingerprint density at radius 1 is 1.47 bits per heavy atom. The van der Waals surface area contributed by atoms with Crippen LogP contribution in [0.4, 0.5) is 4.79 Å². The molecule has 0 spiro atoms. The van der Waals surface area contributed by atoms with Crippen LogP contribution in [0, 0.1) is 0 Å². The highest BCUT2D eigenvalue weighted by Crippen LogP contribution is 2.18. The van der Waals surface area contributed by atoms with Gasteiger partial charge < -0.3 is 20.5 Å². The van der Waals surface area contributed by atoms with Crippen molar-refractivity contribution in [2.75, 3.05) is 6.54 Å². The van der Waals surface area contributed by atoms with E-state index in [1.54, 1.807) is 0 Å². The van der Waals surface area contributed by atoms with E-state index in [1.165, 1.54) is 6.33 Å². The molecule has 1 aliphatic rings. The first kappa shape index (κ1) is 13.3. The van der Waals surface area contributed by atoms with Crippen LogP contribution < -0.4 is 10.6 Å². The third-order valence-corrected chi connectivity index (χ3v) is 2.75. The molecule has 1 saturated heterocycles. The van der Waals surface area contributed by atoms with E-state index in [-0.39, 0.29) is 25.2 Å². The van der Waals surface area contributed by atoms with Gasteiger partial charge in [0.1, 0.15) is 12.2 Å². The Morgan fingerprint density at radius 3 is 2.95 bits per heavy atom. The monoisotopic (exact) mass is 269 g/mol. The van der Waals surface area contributed by atoms with Crippen molar-refractivity contribution in [3.63, 3.8) is 0 Å². The molecule has 1 fully saturated rings. The number of nitrogens with one attached hydrogen (secondary N) is 3. The van der Waals surface area contributed by atoms with E-state index in [0.717, 1.165) is 0 Å². The summed E-state index contributed by atoms with van der Waals surface area (Å²) in [6.45, 7) is 0.529. The quantitative estimate of drug-likeness (QED) is 0.556. The molecule has 0 aromatic carbocycles. The van der Waals surface area contributed by atoms with Crippen molar-refractivity contribution in [1.29, 1.82) is 0 Å². The summed E-state index contributed by atoms with van der Waals surface area (Å²) >= 11 is 0. The molecule has 104 valence electrons. The van der Waals surface area contributed by atoms with Gasteiger partial charge in [0, 0.05) is 6.54 Å². The maximum atomic E-state index is 11.5. The minimum absolute atomic E-state index is 0.245. The molecule has 2 rings (SSSR count). The second-order valence-corrected chi connectivity index (χ2v) is 4.16. The van der Waals surface area contributed by atoms with Gasteiger partial charge in [-0.15, -0.1) is 0 Å². The molecule has 0 aliphatic carbocycles. The number of carboxylic acid groups (broad SMARTS) is 1. The number of aromatic nitrogens is 3. The molecule has 2 amide bonds. The number of carbonyl (C=O) groups is 2. The standard InChI is InChI=1S/C10H15N5O4/c16-9(17)7-2-1-6(19-7)3-11-10(18)12-4-8-13-5-14-15-8/h5-7H,1-4H2,(H,16,17)(H2,11,12,18)(H,13,14,15).